The van der Waals surface area contributed by atoms with Gasteiger partial charge in [0.15, 0.2) is 0 Å². The number of halogens is 1. The van der Waals surface area contributed by atoms with Gasteiger partial charge in [-0.1, -0.05) is 28.1 Å². The first-order chi connectivity index (χ1) is 7.25. The molecule has 15 heavy (non-hydrogen) atoms. The summed E-state index contributed by atoms with van der Waals surface area (Å²) in [5, 5.41) is 4.14. The Morgan fingerprint density at radius 2 is 2.33 bits per heavy atom. The molecule has 0 aliphatic rings. The van der Waals surface area contributed by atoms with Crippen LogP contribution in [0.5, 0.6) is 0 Å². The first-order valence-electron chi connectivity index (χ1n) is 4.54. The van der Waals surface area contributed by atoms with Crippen LogP contribution < -0.4 is 5.32 Å². The van der Waals surface area contributed by atoms with Crippen molar-refractivity contribution in [3.63, 3.8) is 0 Å². The zero-order valence-corrected chi connectivity index (χ0v) is 10.5. The summed E-state index contributed by atoms with van der Waals surface area (Å²) in [5.74, 6) is 0. The third-order valence-electron chi connectivity index (χ3n) is 2.05. The van der Waals surface area contributed by atoms with Crippen molar-refractivity contribution in [1.82, 2.24) is 9.36 Å². The van der Waals surface area contributed by atoms with Crippen LogP contribution in [0.4, 0.5) is 5.13 Å². The smallest absolute Gasteiger partial charge is 0.202 e. The normalized spacial score (nSPS) is 12.4. The molecular formula is C10H10BrN3S. The van der Waals surface area contributed by atoms with E-state index in [1.807, 2.05) is 12.1 Å². The lowest BCUT2D eigenvalue weighted by Gasteiger charge is -2.12. The fraction of sp³-hybridized carbons (Fsp3) is 0.200. The second-order valence-corrected chi connectivity index (χ2v) is 4.86. The predicted octanol–water partition coefficient (Wildman–Crippen LogP) is 3.47. The Labute approximate surface area is 101 Å². The van der Waals surface area contributed by atoms with E-state index in [0.717, 1.165) is 9.60 Å². The van der Waals surface area contributed by atoms with Crippen LogP contribution in [0.3, 0.4) is 0 Å². The number of rotatable bonds is 3. The fourth-order valence-electron chi connectivity index (χ4n) is 1.28. The van der Waals surface area contributed by atoms with Crippen LogP contribution >= 0.6 is 27.5 Å². The Balaban J connectivity index is 2.11. The van der Waals surface area contributed by atoms with Crippen LogP contribution in [-0.2, 0) is 0 Å². The minimum Gasteiger partial charge on any atom is -0.354 e. The molecule has 1 N–H and O–H groups in total. The van der Waals surface area contributed by atoms with Crippen LogP contribution in [0.15, 0.2) is 35.1 Å². The van der Waals surface area contributed by atoms with E-state index in [0.29, 0.717) is 0 Å². The van der Waals surface area contributed by atoms with Gasteiger partial charge in [-0.05, 0) is 24.6 Å². The molecule has 1 unspecified atom stereocenters. The van der Waals surface area contributed by atoms with E-state index in [1.165, 1.54) is 17.1 Å². The molecule has 78 valence electrons. The number of hydrogen-bond acceptors (Lipinski definition) is 4. The van der Waals surface area contributed by atoms with Crippen LogP contribution in [0.25, 0.3) is 0 Å². The minimum absolute atomic E-state index is 0.232. The molecule has 0 radical (unpaired) electrons. The summed E-state index contributed by atoms with van der Waals surface area (Å²) in [7, 11) is 0. The number of hydrogen-bond donors (Lipinski definition) is 1. The van der Waals surface area contributed by atoms with E-state index in [1.54, 1.807) is 6.33 Å². The summed E-state index contributed by atoms with van der Waals surface area (Å²) in [6, 6.07) is 8.46. The monoisotopic (exact) mass is 283 g/mol. The molecule has 1 aromatic carbocycles. The molecular weight excluding hydrogens is 274 g/mol. The molecule has 1 atom stereocenters. The summed E-state index contributed by atoms with van der Waals surface area (Å²) in [6.07, 6.45) is 1.56. The van der Waals surface area contributed by atoms with Gasteiger partial charge in [0.1, 0.15) is 6.33 Å². The molecule has 0 amide bonds. The Morgan fingerprint density at radius 1 is 1.47 bits per heavy atom. The van der Waals surface area contributed by atoms with Gasteiger partial charge >= 0.3 is 0 Å². The highest BCUT2D eigenvalue weighted by Gasteiger charge is 2.06. The highest BCUT2D eigenvalue weighted by molar-refractivity contribution is 9.10. The van der Waals surface area contributed by atoms with E-state index in [9.17, 15) is 0 Å². The Morgan fingerprint density at radius 3 is 3.00 bits per heavy atom. The minimum atomic E-state index is 0.232. The maximum Gasteiger partial charge on any atom is 0.202 e. The van der Waals surface area contributed by atoms with Gasteiger partial charge in [0.05, 0.1) is 6.04 Å². The van der Waals surface area contributed by atoms with Crippen LogP contribution in [-0.4, -0.2) is 9.36 Å². The van der Waals surface area contributed by atoms with Gasteiger partial charge in [-0.2, -0.15) is 4.37 Å². The largest absolute Gasteiger partial charge is 0.354 e. The highest BCUT2D eigenvalue weighted by atomic mass is 79.9. The topological polar surface area (TPSA) is 37.8 Å². The fourth-order valence-corrected chi connectivity index (χ4v) is 2.22. The average molecular weight is 284 g/mol. The van der Waals surface area contributed by atoms with Crippen LogP contribution in [0, 0.1) is 0 Å². The molecule has 0 aliphatic heterocycles. The molecule has 1 aromatic heterocycles. The van der Waals surface area contributed by atoms with Crippen molar-refractivity contribution in [3.8, 4) is 0 Å². The van der Waals surface area contributed by atoms with Crippen molar-refractivity contribution in [2.45, 2.75) is 13.0 Å². The molecule has 0 fully saturated rings. The van der Waals surface area contributed by atoms with Crippen molar-refractivity contribution in [2.75, 3.05) is 5.32 Å². The molecule has 3 nitrogen and oxygen atoms in total. The molecule has 2 aromatic rings. The Kier molecular flexibility index (Phi) is 3.33. The van der Waals surface area contributed by atoms with E-state index >= 15 is 0 Å². The van der Waals surface area contributed by atoms with E-state index in [-0.39, 0.29) is 6.04 Å². The molecule has 0 saturated heterocycles. The van der Waals surface area contributed by atoms with E-state index in [2.05, 4.69) is 49.7 Å². The Bertz CT molecular complexity index is 430. The zero-order valence-electron chi connectivity index (χ0n) is 8.14. The quantitative estimate of drug-likeness (QED) is 0.937. The Hall–Kier alpha value is -0.940. The lowest BCUT2D eigenvalue weighted by Crippen LogP contribution is -2.05. The summed E-state index contributed by atoms with van der Waals surface area (Å²) in [5.41, 5.74) is 1.22. The van der Waals surface area contributed by atoms with Crippen molar-refractivity contribution in [2.24, 2.45) is 0 Å². The van der Waals surface area contributed by atoms with Crippen molar-refractivity contribution >= 4 is 32.6 Å². The third-order valence-corrected chi connectivity index (χ3v) is 3.14. The van der Waals surface area contributed by atoms with Gasteiger partial charge in [-0.15, -0.1) is 0 Å². The molecule has 2 rings (SSSR count). The highest BCUT2D eigenvalue weighted by Crippen LogP contribution is 2.22. The van der Waals surface area contributed by atoms with Gasteiger partial charge in [0, 0.05) is 16.0 Å². The number of nitrogens with one attached hydrogen (secondary N) is 1. The number of anilines is 1. The molecule has 0 spiro atoms. The summed E-state index contributed by atoms with van der Waals surface area (Å²) >= 11 is 4.82. The van der Waals surface area contributed by atoms with Crippen LogP contribution in [0.1, 0.15) is 18.5 Å². The first kappa shape index (κ1) is 10.6. The number of nitrogens with zero attached hydrogens (tertiary/aromatic N) is 2. The molecule has 0 aliphatic carbocycles. The standard InChI is InChI=1S/C10H10BrN3S/c1-7(14-10-12-6-13-15-10)8-3-2-4-9(11)5-8/h2-7H,1H3,(H,12,13,14). The maximum absolute atomic E-state index is 4.09. The summed E-state index contributed by atoms with van der Waals surface area (Å²) in [4.78, 5) is 4.09. The second kappa shape index (κ2) is 4.72. The van der Waals surface area contributed by atoms with E-state index in [4.69, 9.17) is 0 Å². The number of benzene rings is 1. The molecule has 0 saturated carbocycles. The lowest BCUT2D eigenvalue weighted by atomic mass is 10.1. The van der Waals surface area contributed by atoms with Crippen molar-refractivity contribution < 1.29 is 0 Å². The molecule has 0 bridgehead atoms. The van der Waals surface area contributed by atoms with Gasteiger partial charge in [-0.25, -0.2) is 4.98 Å². The van der Waals surface area contributed by atoms with Crippen LogP contribution in [0.2, 0.25) is 0 Å². The lowest BCUT2D eigenvalue weighted by molar-refractivity contribution is 0.880. The van der Waals surface area contributed by atoms with Crippen molar-refractivity contribution in [1.29, 1.82) is 0 Å². The van der Waals surface area contributed by atoms with Gasteiger partial charge in [0.2, 0.25) is 5.13 Å². The van der Waals surface area contributed by atoms with E-state index < -0.39 is 0 Å². The summed E-state index contributed by atoms with van der Waals surface area (Å²) < 4.78 is 5.03. The maximum atomic E-state index is 4.09. The zero-order chi connectivity index (χ0) is 10.7. The predicted molar refractivity (Wildman–Crippen MR) is 66.1 cm³/mol. The average Bonchev–Trinajstić information content (AvgIpc) is 2.70. The van der Waals surface area contributed by atoms with Gasteiger partial charge in [-0.3, -0.25) is 0 Å². The van der Waals surface area contributed by atoms with Gasteiger partial charge in [0.25, 0.3) is 0 Å². The third kappa shape index (κ3) is 2.76. The SMILES string of the molecule is CC(Nc1ncns1)c1cccc(Br)c1. The molecule has 5 heteroatoms. The number of aromatic nitrogens is 2. The first-order valence-corrected chi connectivity index (χ1v) is 6.11. The van der Waals surface area contributed by atoms with Crippen molar-refractivity contribution in [3.05, 3.63) is 40.6 Å². The molecule has 1 heterocycles. The van der Waals surface area contributed by atoms with Gasteiger partial charge < -0.3 is 5.32 Å². The second-order valence-electron chi connectivity index (χ2n) is 3.17. The summed E-state index contributed by atoms with van der Waals surface area (Å²) in [6.45, 7) is 2.10.